The number of methoxy groups -OCH3 is 1. The summed E-state index contributed by atoms with van der Waals surface area (Å²) in [6, 6.07) is 14.3. The van der Waals surface area contributed by atoms with Gasteiger partial charge in [0.2, 0.25) is 0 Å². The first-order chi connectivity index (χ1) is 14.0. The minimum Gasteiger partial charge on any atom is -0.497 e. The van der Waals surface area contributed by atoms with E-state index in [9.17, 15) is 9.59 Å². The Kier molecular flexibility index (Phi) is 5.20. The number of benzene rings is 2. The second-order valence-electron chi connectivity index (χ2n) is 7.24. The molecule has 2 amide bonds. The van der Waals surface area contributed by atoms with E-state index in [2.05, 4.69) is 4.98 Å². The zero-order valence-electron chi connectivity index (χ0n) is 16.3. The Morgan fingerprint density at radius 3 is 2.52 bits per heavy atom. The van der Waals surface area contributed by atoms with Gasteiger partial charge in [0.25, 0.3) is 11.8 Å². The van der Waals surface area contributed by atoms with Gasteiger partial charge in [0.05, 0.1) is 7.11 Å². The molecule has 1 fully saturated rings. The van der Waals surface area contributed by atoms with Crippen LogP contribution in [-0.4, -0.2) is 59.4 Å². The van der Waals surface area contributed by atoms with Crippen LogP contribution in [0, 0.1) is 0 Å². The van der Waals surface area contributed by atoms with Crippen molar-refractivity contribution in [1.29, 1.82) is 0 Å². The van der Waals surface area contributed by atoms with Gasteiger partial charge in [-0.1, -0.05) is 11.6 Å². The van der Waals surface area contributed by atoms with Crippen LogP contribution < -0.4 is 4.74 Å². The minimum atomic E-state index is -0.0823. The lowest BCUT2D eigenvalue weighted by atomic mass is 10.1. The number of piperazine rings is 1. The molecule has 1 aliphatic rings. The van der Waals surface area contributed by atoms with Crippen molar-refractivity contribution in [2.45, 2.75) is 13.0 Å². The number of carbonyl (C=O) groups excluding carboxylic acids is 2. The van der Waals surface area contributed by atoms with E-state index in [1.165, 1.54) is 0 Å². The maximum Gasteiger partial charge on any atom is 0.270 e. The molecule has 0 bridgehead atoms. The zero-order valence-corrected chi connectivity index (χ0v) is 17.1. The summed E-state index contributed by atoms with van der Waals surface area (Å²) in [6.45, 7) is 3.42. The predicted octanol–water partition coefficient (Wildman–Crippen LogP) is 3.82. The molecule has 4 rings (SSSR count). The van der Waals surface area contributed by atoms with E-state index in [1.807, 2.05) is 30.0 Å². The van der Waals surface area contributed by atoms with Crippen LogP contribution in [-0.2, 0) is 0 Å². The van der Waals surface area contributed by atoms with E-state index in [0.717, 1.165) is 10.9 Å². The van der Waals surface area contributed by atoms with Crippen molar-refractivity contribution in [3.05, 3.63) is 64.8 Å². The van der Waals surface area contributed by atoms with E-state index in [1.54, 1.807) is 42.3 Å². The molecule has 6 nitrogen and oxygen atoms in total. The van der Waals surface area contributed by atoms with Gasteiger partial charge in [0, 0.05) is 47.2 Å². The molecular weight excluding hydrogens is 390 g/mol. The average Bonchev–Trinajstić information content (AvgIpc) is 3.16. The van der Waals surface area contributed by atoms with Crippen LogP contribution in [0.15, 0.2) is 48.5 Å². The van der Waals surface area contributed by atoms with Crippen molar-refractivity contribution in [3.63, 3.8) is 0 Å². The third-order valence-corrected chi connectivity index (χ3v) is 5.56. The van der Waals surface area contributed by atoms with Crippen molar-refractivity contribution in [1.82, 2.24) is 14.8 Å². The zero-order chi connectivity index (χ0) is 20.5. The number of carbonyl (C=O) groups is 2. The molecule has 0 aliphatic carbocycles. The lowest BCUT2D eigenvalue weighted by Gasteiger charge is -2.39. The number of halogens is 1. The highest BCUT2D eigenvalue weighted by Gasteiger charge is 2.31. The largest absolute Gasteiger partial charge is 0.497 e. The van der Waals surface area contributed by atoms with Gasteiger partial charge < -0.3 is 19.5 Å². The van der Waals surface area contributed by atoms with Crippen molar-refractivity contribution < 1.29 is 14.3 Å². The molecule has 150 valence electrons. The summed E-state index contributed by atoms with van der Waals surface area (Å²) < 4.78 is 5.15. The number of H-pyrrole nitrogens is 1. The standard InChI is InChI=1S/C22H22ClN3O3/c1-14-13-25(22(28)20-12-16-11-17(23)5-8-19(16)24-20)9-10-26(14)21(27)15-3-6-18(29-2)7-4-15/h3-8,11-12,14,24H,9-10,13H2,1-2H3. The number of aromatic nitrogens is 1. The second-order valence-corrected chi connectivity index (χ2v) is 7.68. The van der Waals surface area contributed by atoms with Crippen LogP contribution in [0.4, 0.5) is 0 Å². The van der Waals surface area contributed by atoms with E-state index >= 15 is 0 Å². The summed E-state index contributed by atoms with van der Waals surface area (Å²) in [7, 11) is 1.59. The summed E-state index contributed by atoms with van der Waals surface area (Å²) in [5.41, 5.74) is 2.02. The Hall–Kier alpha value is -2.99. The Labute approximate surface area is 174 Å². The predicted molar refractivity (Wildman–Crippen MR) is 113 cm³/mol. The van der Waals surface area contributed by atoms with Crippen LogP contribution in [0.1, 0.15) is 27.8 Å². The van der Waals surface area contributed by atoms with Crippen LogP contribution in [0.2, 0.25) is 5.02 Å². The molecule has 2 aromatic carbocycles. The molecule has 1 aromatic heterocycles. The lowest BCUT2D eigenvalue weighted by molar-refractivity contribution is 0.0412. The van der Waals surface area contributed by atoms with Crippen molar-refractivity contribution in [2.24, 2.45) is 0 Å². The normalized spacial score (nSPS) is 16.9. The SMILES string of the molecule is COc1ccc(C(=O)N2CCN(C(=O)c3cc4cc(Cl)ccc4[nH]3)CC2C)cc1. The average molecular weight is 412 g/mol. The van der Waals surface area contributed by atoms with Crippen molar-refractivity contribution >= 4 is 34.3 Å². The smallest absolute Gasteiger partial charge is 0.270 e. The third-order valence-electron chi connectivity index (χ3n) is 5.33. The quantitative estimate of drug-likeness (QED) is 0.712. The molecule has 1 saturated heterocycles. The number of amides is 2. The molecule has 0 saturated carbocycles. The number of rotatable bonds is 3. The Morgan fingerprint density at radius 1 is 1.07 bits per heavy atom. The van der Waals surface area contributed by atoms with Gasteiger partial charge >= 0.3 is 0 Å². The molecule has 1 unspecified atom stereocenters. The highest BCUT2D eigenvalue weighted by molar-refractivity contribution is 6.31. The van der Waals surface area contributed by atoms with Crippen LogP contribution >= 0.6 is 11.6 Å². The highest BCUT2D eigenvalue weighted by atomic mass is 35.5. The molecule has 0 spiro atoms. The molecule has 1 atom stereocenters. The van der Waals surface area contributed by atoms with Gasteiger partial charge in [-0.3, -0.25) is 9.59 Å². The number of fused-ring (bicyclic) bond motifs is 1. The number of hydrogen-bond donors (Lipinski definition) is 1. The van der Waals surface area contributed by atoms with Crippen LogP contribution in [0.5, 0.6) is 5.75 Å². The van der Waals surface area contributed by atoms with Gasteiger partial charge in [0.15, 0.2) is 0 Å². The number of aromatic amines is 1. The van der Waals surface area contributed by atoms with E-state index in [-0.39, 0.29) is 17.9 Å². The van der Waals surface area contributed by atoms with E-state index < -0.39 is 0 Å². The fourth-order valence-electron chi connectivity index (χ4n) is 3.73. The summed E-state index contributed by atoms with van der Waals surface area (Å²) in [5.74, 6) is 0.609. The van der Waals surface area contributed by atoms with Gasteiger partial charge in [-0.05, 0) is 55.5 Å². The molecule has 2 heterocycles. The van der Waals surface area contributed by atoms with E-state index in [0.29, 0.717) is 41.7 Å². The summed E-state index contributed by atoms with van der Waals surface area (Å²) in [5, 5.41) is 1.54. The first-order valence-electron chi connectivity index (χ1n) is 9.49. The minimum absolute atomic E-state index is 0.0347. The maximum absolute atomic E-state index is 13.0. The van der Waals surface area contributed by atoms with Gasteiger partial charge in [-0.25, -0.2) is 0 Å². The third kappa shape index (κ3) is 3.80. The molecule has 1 N–H and O–H groups in total. The molecule has 3 aromatic rings. The number of hydrogen-bond acceptors (Lipinski definition) is 3. The summed E-state index contributed by atoms with van der Waals surface area (Å²) >= 11 is 6.03. The van der Waals surface area contributed by atoms with Crippen molar-refractivity contribution in [2.75, 3.05) is 26.7 Å². The molecule has 29 heavy (non-hydrogen) atoms. The summed E-state index contributed by atoms with van der Waals surface area (Å²) in [6.07, 6.45) is 0. The Bertz CT molecular complexity index is 1060. The first kappa shape index (κ1) is 19.3. The monoisotopic (exact) mass is 411 g/mol. The molecular formula is C22H22ClN3O3. The molecule has 1 aliphatic heterocycles. The van der Waals surface area contributed by atoms with Crippen molar-refractivity contribution in [3.8, 4) is 5.75 Å². The fourth-order valence-corrected chi connectivity index (χ4v) is 3.91. The fraction of sp³-hybridized carbons (Fsp3) is 0.273. The van der Waals surface area contributed by atoms with Gasteiger partial charge in [-0.2, -0.15) is 0 Å². The van der Waals surface area contributed by atoms with Crippen LogP contribution in [0.25, 0.3) is 10.9 Å². The second kappa shape index (κ2) is 7.79. The van der Waals surface area contributed by atoms with E-state index in [4.69, 9.17) is 16.3 Å². The topological polar surface area (TPSA) is 65.6 Å². The van der Waals surface area contributed by atoms with Gasteiger partial charge in [-0.15, -0.1) is 0 Å². The molecule has 7 heteroatoms. The van der Waals surface area contributed by atoms with Gasteiger partial charge in [0.1, 0.15) is 11.4 Å². The maximum atomic E-state index is 13.0. The Morgan fingerprint density at radius 2 is 1.83 bits per heavy atom. The summed E-state index contributed by atoms with van der Waals surface area (Å²) in [4.78, 5) is 32.6. The Balaban J connectivity index is 1.46. The number of ether oxygens (including phenoxy) is 1. The molecule has 0 radical (unpaired) electrons. The highest BCUT2D eigenvalue weighted by Crippen LogP contribution is 2.22. The van der Waals surface area contributed by atoms with Crippen LogP contribution in [0.3, 0.4) is 0 Å². The first-order valence-corrected chi connectivity index (χ1v) is 9.86. The number of nitrogens with zero attached hydrogens (tertiary/aromatic N) is 2. The lowest BCUT2D eigenvalue weighted by Crippen LogP contribution is -2.55. The number of nitrogens with one attached hydrogen (secondary N) is 1.